The molecule has 7 heteroatoms. The molecule has 1 aromatic heterocycles. The SMILES string of the molecule is CC(C)C1N(C)C(=O)c2c3c(cc(=O)n21)C(=O)N(Cc1ccc(F)cc1)CC3. The highest BCUT2D eigenvalue weighted by Gasteiger charge is 2.41. The Morgan fingerprint density at radius 1 is 1.11 bits per heavy atom. The molecule has 2 aromatic rings. The second-order valence-corrected chi connectivity index (χ2v) is 7.77. The van der Waals surface area contributed by atoms with Gasteiger partial charge in [0.15, 0.2) is 0 Å². The standard InChI is InChI=1S/C21H22FN3O3/c1-12(2)19-23(3)21(28)18-15-8-9-24(11-13-4-6-14(22)7-5-13)20(27)16(15)10-17(26)25(18)19/h4-7,10,12,19H,8-9,11H2,1-3H3. The topological polar surface area (TPSA) is 62.6 Å². The second kappa shape index (κ2) is 6.58. The third-order valence-electron chi connectivity index (χ3n) is 5.57. The molecule has 4 rings (SSSR count). The van der Waals surface area contributed by atoms with Crippen molar-refractivity contribution >= 4 is 11.8 Å². The molecule has 0 N–H and O–H groups in total. The molecule has 2 aliphatic rings. The summed E-state index contributed by atoms with van der Waals surface area (Å²) in [5.41, 5.74) is 1.78. The van der Waals surface area contributed by atoms with Crippen molar-refractivity contribution in [2.24, 2.45) is 5.92 Å². The largest absolute Gasteiger partial charge is 0.334 e. The Morgan fingerprint density at radius 3 is 2.43 bits per heavy atom. The lowest BCUT2D eigenvalue weighted by Crippen LogP contribution is -2.40. The summed E-state index contributed by atoms with van der Waals surface area (Å²) in [6.07, 6.45) is 0.162. The zero-order valence-corrected chi connectivity index (χ0v) is 16.1. The third-order valence-corrected chi connectivity index (χ3v) is 5.57. The number of carbonyl (C=O) groups excluding carboxylic acids is 2. The number of carbonyl (C=O) groups is 2. The van der Waals surface area contributed by atoms with Crippen LogP contribution in [-0.4, -0.2) is 39.8 Å². The monoisotopic (exact) mass is 383 g/mol. The minimum absolute atomic E-state index is 0.0696. The van der Waals surface area contributed by atoms with Crippen molar-refractivity contribution in [3.8, 4) is 0 Å². The van der Waals surface area contributed by atoms with Gasteiger partial charge in [0.05, 0.1) is 5.56 Å². The van der Waals surface area contributed by atoms with Crippen molar-refractivity contribution in [1.82, 2.24) is 14.4 Å². The Kier molecular flexibility index (Phi) is 4.33. The summed E-state index contributed by atoms with van der Waals surface area (Å²) in [5, 5.41) is 0. The molecule has 1 unspecified atom stereocenters. The predicted molar refractivity (Wildman–Crippen MR) is 102 cm³/mol. The molecular weight excluding hydrogens is 361 g/mol. The first-order chi connectivity index (χ1) is 13.3. The summed E-state index contributed by atoms with van der Waals surface area (Å²) >= 11 is 0. The molecule has 1 aromatic carbocycles. The zero-order valence-electron chi connectivity index (χ0n) is 16.1. The van der Waals surface area contributed by atoms with Gasteiger partial charge in [-0.3, -0.25) is 19.0 Å². The molecule has 0 radical (unpaired) electrons. The van der Waals surface area contributed by atoms with Gasteiger partial charge >= 0.3 is 0 Å². The highest BCUT2D eigenvalue weighted by Crippen LogP contribution is 2.34. The molecule has 3 heterocycles. The van der Waals surface area contributed by atoms with E-state index in [1.807, 2.05) is 13.8 Å². The number of aromatic nitrogens is 1. The maximum absolute atomic E-state index is 13.1. The van der Waals surface area contributed by atoms with Gasteiger partial charge in [-0.05, 0) is 35.6 Å². The number of halogens is 1. The van der Waals surface area contributed by atoms with Crippen LogP contribution in [0.15, 0.2) is 35.1 Å². The maximum atomic E-state index is 13.1. The summed E-state index contributed by atoms with van der Waals surface area (Å²) < 4.78 is 14.7. The molecule has 0 aliphatic carbocycles. The lowest BCUT2D eigenvalue weighted by molar-refractivity contribution is 0.0701. The first-order valence-corrected chi connectivity index (χ1v) is 9.39. The van der Waals surface area contributed by atoms with E-state index in [-0.39, 0.29) is 35.3 Å². The van der Waals surface area contributed by atoms with Crippen molar-refractivity contribution in [2.75, 3.05) is 13.6 Å². The van der Waals surface area contributed by atoms with E-state index in [0.717, 1.165) is 5.56 Å². The van der Waals surface area contributed by atoms with Gasteiger partial charge in [-0.15, -0.1) is 0 Å². The van der Waals surface area contributed by atoms with Gasteiger partial charge in [-0.25, -0.2) is 4.39 Å². The molecule has 6 nitrogen and oxygen atoms in total. The van der Waals surface area contributed by atoms with E-state index in [1.165, 1.54) is 22.8 Å². The van der Waals surface area contributed by atoms with Crippen LogP contribution >= 0.6 is 0 Å². The Balaban J connectivity index is 1.73. The maximum Gasteiger partial charge on any atom is 0.272 e. The molecule has 2 aliphatic heterocycles. The smallest absolute Gasteiger partial charge is 0.272 e. The van der Waals surface area contributed by atoms with Crippen LogP contribution < -0.4 is 5.56 Å². The van der Waals surface area contributed by atoms with E-state index in [4.69, 9.17) is 0 Å². The van der Waals surface area contributed by atoms with Crippen molar-refractivity contribution in [2.45, 2.75) is 33.0 Å². The molecule has 0 saturated carbocycles. The van der Waals surface area contributed by atoms with E-state index in [9.17, 15) is 18.8 Å². The van der Waals surface area contributed by atoms with Crippen molar-refractivity contribution < 1.29 is 14.0 Å². The van der Waals surface area contributed by atoms with Crippen molar-refractivity contribution in [1.29, 1.82) is 0 Å². The van der Waals surface area contributed by atoms with Crippen LogP contribution in [0.4, 0.5) is 4.39 Å². The van der Waals surface area contributed by atoms with Gasteiger partial charge in [-0.1, -0.05) is 26.0 Å². The summed E-state index contributed by atoms with van der Waals surface area (Å²) in [6.45, 7) is 4.70. The molecule has 0 spiro atoms. The van der Waals surface area contributed by atoms with Crippen LogP contribution in [-0.2, 0) is 13.0 Å². The average Bonchev–Trinajstić information content (AvgIpc) is 2.92. The Labute approximate surface area is 162 Å². The molecule has 2 amide bonds. The normalized spacial score (nSPS) is 18.7. The van der Waals surface area contributed by atoms with Crippen LogP contribution in [0.3, 0.4) is 0 Å². The lowest BCUT2D eigenvalue weighted by atomic mass is 9.96. The molecule has 0 fully saturated rings. The average molecular weight is 383 g/mol. The molecule has 28 heavy (non-hydrogen) atoms. The molecule has 0 bridgehead atoms. The van der Waals surface area contributed by atoms with E-state index >= 15 is 0 Å². The number of fused-ring (bicyclic) bond motifs is 3. The highest BCUT2D eigenvalue weighted by atomic mass is 19.1. The lowest BCUT2D eigenvalue weighted by Gasteiger charge is -2.30. The van der Waals surface area contributed by atoms with Crippen LogP contribution in [0.2, 0.25) is 0 Å². The molecule has 146 valence electrons. The number of amides is 2. The van der Waals surface area contributed by atoms with E-state index in [0.29, 0.717) is 36.3 Å². The van der Waals surface area contributed by atoms with Gasteiger partial charge in [-0.2, -0.15) is 0 Å². The first-order valence-electron chi connectivity index (χ1n) is 9.39. The number of hydrogen-bond acceptors (Lipinski definition) is 3. The van der Waals surface area contributed by atoms with Gasteiger partial charge in [0, 0.05) is 26.2 Å². The van der Waals surface area contributed by atoms with Gasteiger partial charge in [0.1, 0.15) is 17.7 Å². The minimum Gasteiger partial charge on any atom is -0.334 e. The number of benzene rings is 1. The van der Waals surface area contributed by atoms with E-state index < -0.39 is 0 Å². The number of rotatable bonds is 3. The summed E-state index contributed by atoms with van der Waals surface area (Å²) in [5.74, 6) is -0.743. The fraction of sp³-hybridized carbons (Fsp3) is 0.381. The van der Waals surface area contributed by atoms with Gasteiger partial charge in [0.25, 0.3) is 17.4 Å². The van der Waals surface area contributed by atoms with Crippen LogP contribution in [0.25, 0.3) is 0 Å². The summed E-state index contributed by atoms with van der Waals surface area (Å²) in [7, 11) is 1.69. The third kappa shape index (κ3) is 2.73. The second-order valence-electron chi connectivity index (χ2n) is 7.77. The highest BCUT2D eigenvalue weighted by molar-refractivity contribution is 6.03. The van der Waals surface area contributed by atoms with Gasteiger partial charge in [0.2, 0.25) is 0 Å². The summed E-state index contributed by atoms with van der Waals surface area (Å²) in [6, 6.07) is 7.36. The fourth-order valence-corrected chi connectivity index (χ4v) is 4.29. The van der Waals surface area contributed by atoms with Gasteiger partial charge < -0.3 is 9.80 Å². The fourth-order valence-electron chi connectivity index (χ4n) is 4.29. The first kappa shape index (κ1) is 18.4. The van der Waals surface area contributed by atoms with Crippen LogP contribution in [0, 0.1) is 11.7 Å². The Morgan fingerprint density at radius 2 is 1.79 bits per heavy atom. The van der Waals surface area contributed by atoms with Crippen LogP contribution in [0.5, 0.6) is 0 Å². The minimum atomic E-state index is -0.340. The molecular formula is C21H22FN3O3. The van der Waals surface area contributed by atoms with Crippen LogP contribution in [0.1, 0.15) is 52.0 Å². The number of nitrogens with zero attached hydrogens (tertiary/aromatic N) is 3. The van der Waals surface area contributed by atoms with Crippen molar-refractivity contribution in [3.63, 3.8) is 0 Å². The summed E-state index contributed by atoms with van der Waals surface area (Å²) in [4.78, 5) is 41.9. The van der Waals surface area contributed by atoms with E-state index in [1.54, 1.807) is 29.0 Å². The van der Waals surface area contributed by atoms with Crippen molar-refractivity contribution in [3.05, 3.63) is 68.9 Å². The Bertz CT molecular complexity index is 1030. The number of pyridine rings is 1. The quantitative estimate of drug-likeness (QED) is 0.818. The Hall–Kier alpha value is -2.96. The van der Waals surface area contributed by atoms with E-state index in [2.05, 4.69) is 0 Å². The molecule has 1 atom stereocenters. The molecule has 0 saturated heterocycles. The predicted octanol–water partition coefficient (Wildman–Crippen LogP) is 2.43. The zero-order chi connectivity index (χ0) is 20.2. The number of hydrogen-bond donors (Lipinski definition) is 0.